The van der Waals surface area contributed by atoms with E-state index >= 15 is 0 Å². The van der Waals surface area contributed by atoms with Crippen molar-refractivity contribution in [3.63, 3.8) is 0 Å². The van der Waals surface area contributed by atoms with Gasteiger partial charge in [0.25, 0.3) is 0 Å². The summed E-state index contributed by atoms with van der Waals surface area (Å²) in [4.78, 5) is 24.0. The van der Waals surface area contributed by atoms with Gasteiger partial charge in [0.05, 0.1) is 15.7 Å². The van der Waals surface area contributed by atoms with Gasteiger partial charge in [-0.15, -0.1) is 0 Å². The van der Waals surface area contributed by atoms with Crippen molar-refractivity contribution in [2.75, 3.05) is 5.32 Å². The molecular weight excluding hydrogens is 357 g/mol. The van der Waals surface area contributed by atoms with Crippen LogP contribution in [-0.4, -0.2) is 11.7 Å². The molecule has 2 rings (SSSR count). The number of carbonyl (C=O) groups is 2. The van der Waals surface area contributed by atoms with Crippen molar-refractivity contribution >= 4 is 52.2 Å². The Balaban J connectivity index is 1.95. The van der Waals surface area contributed by atoms with E-state index in [-0.39, 0.29) is 34.6 Å². The number of carbonyl (C=O) groups excluding carboxylic acids is 2. The second kappa shape index (κ2) is 7.82. The Morgan fingerprint density at radius 3 is 2.09 bits per heavy atom. The summed E-state index contributed by atoms with van der Waals surface area (Å²) in [7, 11) is 0. The number of hydrogen-bond donors (Lipinski definition) is 1. The van der Waals surface area contributed by atoms with E-state index in [1.807, 2.05) is 19.1 Å². The highest BCUT2D eigenvalue weighted by molar-refractivity contribution is 6.42. The predicted molar refractivity (Wildman–Crippen MR) is 94.8 cm³/mol. The molecule has 0 aliphatic heterocycles. The third-order valence-electron chi connectivity index (χ3n) is 3.22. The fourth-order valence-electron chi connectivity index (χ4n) is 1.97. The zero-order valence-electron chi connectivity index (χ0n) is 12.3. The Kier molecular flexibility index (Phi) is 6.05. The van der Waals surface area contributed by atoms with Crippen molar-refractivity contribution in [3.8, 4) is 0 Å². The van der Waals surface area contributed by atoms with Crippen molar-refractivity contribution in [3.05, 3.63) is 62.6 Å². The zero-order chi connectivity index (χ0) is 17.0. The average molecular weight is 371 g/mol. The van der Waals surface area contributed by atoms with Crippen LogP contribution in [0.2, 0.25) is 15.1 Å². The summed E-state index contributed by atoms with van der Waals surface area (Å²) in [6, 6.07) is 10.2. The van der Waals surface area contributed by atoms with Crippen molar-refractivity contribution in [2.45, 2.75) is 19.8 Å². The molecule has 0 spiro atoms. The number of hydrogen-bond acceptors (Lipinski definition) is 2. The largest absolute Gasteiger partial charge is 0.324 e. The molecule has 0 saturated heterocycles. The van der Waals surface area contributed by atoms with Crippen LogP contribution in [0.1, 0.15) is 28.8 Å². The number of benzene rings is 2. The van der Waals surface area contributed by atoms with Crippen LogP contribution in [0.15, 0.2) is 36.4 Å². The first-order chi connectivity index (χ1) is 10.9. The first kappa shape index (κ1) is 17.8. The van der Waals surface area contributed by atoms with Crippen LogP contribution < -0.4 is 5.32 Å². The molecule has 120 valence electrons. The van der Waals surface area contributed by atoms with E-state index in [0.29, 0.717) is 16.3 Å². The smallest absolute Gasteiger partial charge is 0.224 e. The normalized spacial score (nSPS) is 10.4. The summed E-state index contributed by atoms with van der Waals surface area (Å²) in [5.74, 6) is -0.426. The van der Waals surface area contributed by atoms with Crippen LogP contribution >= 0.6 is 34.8 Å². The van der Waals surface area contributed by atoms with E-state index in [1.54, 1.807) is 12.1 Å². The van der Waals surface area contributed by atoms with Gasteiger partial charge >= 0.3 is 0 Å². The van der Waals surface area contributed by atoms with E-state index in [1.165, 1.54) is 12.1 Å². The molecule has 0 atom stereocenters. The lowest BCUT2D eigenvalue weighted by Crippen LogP contribution is -2.14. The molecular formula is C17H14Cl3NO2. The molecule has 0 aliphatic carbocycles. The lowest BCUT2D eigenvalue weighted by Gasteiger charge is -2.09. The number of aryl methyl sites for hydroxylation is 1. The van der Waals surface area contributed by atoms with Gasteiger partial charge in [-0.2, -0.15) is 0 Å². The summed E-state index contributed by atoms with van der Waals surface area (Å²) in [6.45, 7) is 1.95. The molecule has 23 heavy (non-hydrogen) atoms. The molecule has 0 fully saturated rings. The number of halogens is 3. The third-order valence-corrected chi connectivity index (χ3v) is 4.04. The minimum atomic E-state index is -0.336. The quantitative estimate of drug-likeness (QED) is 0.701. The van der Waals surface area contributed by atoms with Crippen LogP contribution in [0.5, 0.6) is 0 Å². The topological polar surface area (TPSA) is 46.2 Å². The maximum Gasteiger partial charge on any atom is 0.224 e. The molecule has 0 heterocycles. The molecule has 2 aromatic rings. The molecule has 1 N–H and O–H groups in total. The van der Waals surface area contributed by atoms with Gasteiger partial charge in [-0.05, 0) is 19.1 Å². The van der Waals surface area contributed by atoms with E-state index in [0.717, 1.165) is 5.56 Å². The second-order valence-corrected chi connectivity index (χ2v) is 6.33. The number of anilines is 1. The number of Topliss-reactive ketones (excluding diaryl/α,β-unsaturated/α-hetero) is 1. The number of ketones is 1. The maximum absolute atomic E-state index is 12.0. The van der Waals surface area contributed by atoms with Gasteiger partial charge < -0.3 is 5.32 Å². The molecule has 3 nitrogen and oxygen atoms in total. The van der Waals surface area contributed by atoms with E-state index in [9.17, 15) is 9.59 Å². The Morgan fingerprint density at radius 2 is 1.52 bits per heavy atom. The molecule has 0 aliphatic rings. The van der Waals surface area contributed by atoms with Crippen LogP contribution in [0.3, 0.4) is 0 Å². The van der Waals surface area contributed by atoms with Crippen molar-refractivity contribution in [1.29, 1.82) is 0 Å². The Hall–Kier alpha value is -1.55. The van der Waals surface area contributed by atoms with Crippen LogP contribution in [-0.2, 0) is 4.79 Å². The lowest BCUT2D eigenvalue weighted by atomic mass is 10.0. The summed E-state index contributed by atoms with van der Waals surface area (Å²) >= 11 is 17.8. The molecule has 2 aromatic carbocycles. The zero-order valence-corrected chi connectivity index (χ0v) is 14.6. The van der Waals surface area contributed by atoms with Gasteiger partial charge in [0, 0.05) is 23.4 Å². The van der Waals surface area contributed by atoms with Crippen molar-refractivity contribution < 1.29 is 9.59 Å². The van der Waals surface area contributed by atoms with E-state index in [2.05, 4.69) is 5.32 Å². The first-order valence-electron chi connectivity index (χ1n) is 6.91. The van der Waals surface area contributed by atoms with Gasteiger partial charge in [-0.1, -0.05) is 64.6 Å². The Morgan fingerprint density at radius 1 is 0.957 bits per heavy atom. The molecule has 0 unspecified atom stereocenters. The van der Waals surface area contributed by atoms with Crippen LogP contribution in [0.4, 0.5) is 5.69 Å². The molecule has 1 amide bonds. The number of amides is 1. The van der Waals surface area contributed by atoms with E-state index < -0.39 is 0 Å². The predicted octanol–water partition coefficient (Wildman–Crippen LogP) is 5.56. The van der Waals surface area contributed by atoms with Gasteiger partial charge in [0.2, 0.25) is 5.91 Å². The van der Waals surface area contributed by atoms with Crippen LogP contribution in [0.25, 0.3) is 0 Å². The maximum atomic E-state index is 12.0. The first-order valence-corrected chi connectivity index (χ1v) is 8.04. The fourth-order valence-corrected chi connectivity index (χ4v) is 2.89. The van der Waals surface area contributed by atoms with Gasteiger partial charge in [-0.25, -0.2) is 0 Å². The minimum Gasteiger partial charge on any atom is -0.324 e. The minimum absolute atomic E-state index is 0.0436. The van der Waals surface area contributed by atoms with Gasteiger partial charge in [0.1, 0.15) is 0 Å². The van der Waals surface area contributed by atoms with Gasteiger partial charge in [-0.3, -0.25) is 9.59 Å². The highest BCUT2D eigenvalue weighted by Gasteiger charge is 2.13. The highest BCUT2D eigenvalue weighted by Crippen LogP contribution is 2.33. The van der Waals surface area contributed by atoms with Gasteiger partial charge in [0.15, 0.2) is 5.78 Å². The SMILES string of the molecule is Cc1ccc(C(=O)CCC(=O)Nc2c(Cl)cc(Cl)cc2Cl)cc1. The van der Waals surface area contributed by atoms with Crippen molar-refractivity contribution in [2.24, 2.45) is 0 Å². The summed E-state index contributed by atoms with van der Waals surface area (Å²) in [6.07, 6.45) is 0.152. The highest BCUT2D eigenvalue weighted by atomic mass is 35.5. The summed E-state index contributed by atoms with van der Waals surface area (Å²) in [5.41, 5.74) is 1.96. The number of nitrogens with one attached hydrogen (secondary N) is 1. The summed E-state index contributed by atoms with van der Waals surface area (Å²) in [5, 5.41) is 3.49. The van der Waals surface area contributed by atoms with E-state index in [4.69, 9.17) is 34.8 Å². The molecule has 0 radical (unpaired) electrons. The molecule has 6 heteroatoms. The second-order valence-electron chi connectivity index (χ2n) is 5.08. The third kappa shape index (κ3) is 4.96. The molecule has 0 bridgehead atoms. The average Bonchev–Trinajstić information content (AvgIpc) is 2.49. The monoisotopic (exact) mass is 369 g/mol. The molecule has 0 aromatic heterocycles. The number of rotatable bonds is 5. The molecule has 0 saturated carbocycles. The Bertz CT molecular complexity index is 719. The standard InChI is InChI=1S/C17H14Cl3NO2/c1-10-2-4-11(5-3-10)15(22)6-7-16(23)21-17-13(19)8-12(18)9-14(17)20/h2-5,8-9H,6-7H2,1H3,(H,21,23). The lowest BCUT2D eigenvalue weighted by molar-refractivity contribution is -0.116. The fraction of sp³-hybridized carbons (Fsp3) is 0.176. The van der Waals surface area contributed by atoms with Crippen molar-refractivity contribution in [1.82, 2.24) is 0 Å². The summed E-state index contributed by atoms with van der Waals surface area (Å²) < 4.78 is 0. The Labute approximate surface area is 149 Å². The van der Waals surface area contributed by atoms with Crippen LogP contribution in [0, 0.1) is 6.92 Å².